The molecule has 0 atom stereocenters. The van der Waals surface area contributed by atoms with Crippen LogP contribution in [0.5, 0.6) is 5.75 Å². The molecule has 0 radical (unpaired) electrons. The average Bonchev–Trinajstić information content (AvgIpc) is 2.75. The Balaban J connectivity index is 1.72. The molecule has 11 heteroatoms. The number of carbonyl (C=O) groups excluding carboxylic acids is 1. The number of nitrogens with zero attached hydrogens (tertiary/aromatic N) is 1. The first-order chi connectivity index (χ1) is 15.2. The molecule has 0 spiro atoms. The summed E-state index contributed by atoms with van der Waals surface area (Å²) in [5, 5.41) is 13.5. The third-order valence-electron chi connectivity index (χ3n) is 4.25. The van der Waals surface area contributed by atoms with E-state index >= 15 is 0 Å². The van der Waals surface area contributed by atoms with Gasteiger partial charge in [0.05, 0.1) is 27.0 Å². The smallest absolute Gasteiger partial charge is 0.270 e. The number of nitro groups is 1. The Morgan fingerprint density at radius 3 is 2.25 bits per heavy atom. The molecule has 0 aromatic heterocycles. The van der Waals surface area contributed by atoms with Crippen LogP contribution in [0.3, 0.4) is 0 Å². The predicted molar refractivity (Wildman–Crippen MR) is 121 cm³/mol. The molecule has 1 amide bonds. The van der Waals surface area contributed by atoms with Gasteiger partial charge in [0.2, 0.25) is 0 Å². The highest BCUT2D eigenvalue weighted by molar-refractivity contribution is 7.92. The first-order valence-corrected chi connectivity index (χ1v) is 11.2. The number of nitro benzene ring substituents is 1. The summed E-state index contributed by atoms with van der Waals surface area (Å²) >= 11 is 5.97. The third kappa shape index (κ3) is 5.54. The number of halogens is 1. The van der Waals surface area contributed by atoms with Crippen molar-refractivity contribution in [1.82, 2.24) is 0 Å². The monoisotopic (exact) mass is 475 g/mol. The van der Waals surface area contributed by atoms with Gasteiger partial charge in [-0.15, -0.1) is 0 Å². The van der Waals surface area contributed by atoms with Gasteiger partial charge in [-0.1, -0.05) is 11.6 Å². The molecule has 32 heavy (non-hydrogen) atoms. The maximum atomic E-state index is 12.6. The molecule has 0 bridgehead atoms. The number of anilines is 2. The lowest BCUT2D eigenvalue weighted by molar-refractivity contribution is -0.384. The van der Waals surface area contributed by atoms with Crippen LogP contribution in [0.2, 0.25) is 5.02 Å². The Bertz CT molecular complexity index is 1250. The average molecular weight is 476 g/mol. The van der Waals surface area contributed by atoms with Crippen molar-refractivity contribution in [2.75, 3.05) is 16.6 Å². The minimum absolute atomic E-state index is 0.0160. The van der Waals surface area contributed by atoms with Gasteiger partial charge in [-0.2, -0.15) is 0 Å². The summed E-state index contributed by atoms with van der Waals surface area (Å²) in [4.78, 5) is 22.7. The molecule has 0 aliphatic heterocycles. The molecule has 0 saturated carbocycles. The Hall–Kier alpha value is -3.63. The van der Waals surface area contributed by atoms with Gasteiger partial charge in [0.15, 0.2) is 0 Å². The van der Waals surface area contributed by atoms with Crippen molar-refractivity contribution in [3.05, 3.63) is 87.4 Å². The second-order valence-electron chi connectivity index (χ2n) is 6.46. The van der Waals surface area contributed by atoms with Gasteiger partial charge < -0.3 is 10.1 Å². The Morgan fingerprint density at radius 1 is 1.03 bits per heavy atom. The summed E-state index contributed by atoms with van der Waals surface area (Å²) in [7, 11) is -3.86. The fourth-order valence-electron chi connectivity index (χ4n) is 2.72. The van der Waals surface area contributed by atoms with Crippen molar-refractivity contribution < 1.29 is 22.9 Å². The predicted octanol–water partition coefficient (Wildman–Crippen LogP) is 4.70. The fourth-order valence-corrected chi connectivity index (χ4v) is 3.98. The van der Waals surface area contributed by atoms with Gasteiger partial charge in [-0.3, -0.25) is 19.6 Å². The van der Waals surface area contributed by atoms with Crippen LogP contribution in [0, 0.1) is 10.1 Å². The maximum Gasteiger partial charge on any atom is 0.270 e. The van der Waals surface area contributed by atoms with Crippen LogP contribution in [0.25, 0.3) is 0 Å². The van der Waals surface area contributed by atoms with Crippen molar-refractivity contribution in [2.24, 2.45) is 0 Å². The Labute approximate surface area is 189 Å². The number of hydrogen-bond donors (Lipinski definition) is 2. The number of nitrogens with one attached hydrogen (secondary N) is 2. The van der Waals surface area contributed by atoms with Crippen molar-refractivity contribution >= 4 is 44.6 Å². The SMILES string of the molecule is CCOc1ccc(NS(=O)(=O)c2ccc(NC(=O)c3cc([N+](=O)[O-])ccc3Cl)cc2)cc1. The number of amides is 1. The maximum absolute atomic E-state index is 12.6. The molecule has 0 unspecified atom stereocenters. The largest absolute Gasteiger partial charge is 0.494 e. The number of hydrogen-bond acceptors (Lipinski definition) is 6. The van der Waals surface area contributed by atoms with Crippen LogP contribution >= 0.6 is 11.6 Å². The van der Waals surface area contributed by atoms with E-state index in [0.717, 1.165) is 6.07 Å². The Morgan fingerprint density at radius 2 is 1.66 bits per heavy atom. The molecule has 0 heterocycles. The molecule has 2 N–H and O–H groups in total. The quantitative estimate of drug-likeness (QED) is 0.359. The molecule has 3 rings (SSSR count). The van der Waals surface area contributed by atoms with Gasteiger partial charge in [0.1, 0.15) is 5.75 Å². The van der Waals surface area contributed by atoms with E-state index in [4.69, 9.17) is 16.3 Å². The summed E-state index contributed by atoms with van der Waals surface area (Å²) in [5.41, 5.74) is 0.305. The second kappa shape index (κ2) is 9.67. The molecule has 166 valence electrons. The molecule has 9 nitrogen and oxygen atoms in total. The lowest BCUT2D eigenvalue weighted by Gasteiger charge is -2.11. The zero-order chi connectivity index (χ0) is 23.3. The standard InChI is InChI=1S/C21H18ClN3O6S/c1-2-31-17-8-3-15(4-9-17)24-32(29,30)18-10-5-14(6-11-18)23-21(26)19-13-16(25(27)28)7-12-20(19)22/h3-13,24H,2H2,1H3,(H,23,26). The highest BCUT2D eigenvalue weighted by atomic mass is 35.5. The lowest BCUT2D eigenvalue weighted by Crippen LogP contribution is -2.14. The summed E-state index contributed by atoms with van der Waals surface area (Å²) in [6, 6.07) is 15.4. The molecular weight excluding hydrogens is 458 g/mol. The number of carbonyl (C=O) groups is 1. The molecular formula is C21H18ClN3O6S. The van der Waals surface area contributed by atoms with Crippen LogP contribution in [0.4, 0.5) is 17.1 Å². The van der Waals surface area contributed by atoms with E-state index in [0.29, 0.717) is 18.0 Å². The van der Waals surface area contributed by atoms with Gasteiger partial charge in [-0.05, 0) is 61.5 Å². The second-order valence-corrected chi connectivity index (χ2v) is 8.55. The molecule has 0 aliphatic carbocycles. The Kier molecular flexibility index (Phi) is 6.96. The van der Waals surface area contributed by atoms with Crippen molar-refractivity contribution in [2.45, 2.75) is 11.8 Å². The number of sulfonamides is 1. The molecule has 3 aromatic carbocycles. The van der Waals surface area contributed by atoms with Crippen LogP contribution in [-0.4, -0.2) is 25.9 Å². The van der Waals surface area contributed by atoms with Crippen molar-refractivity contribution in [3.8, 4) is 5.75 Å². The lowest BCUT2D eigenvalue weighted by atomic mass is 10.2. The fraction of sp³-hybridized carbons (Fsp3) is 0.0952. The van der Waals surface area contributed by atoms with E-state index in [9.17, 15) is 23.3 Å². The van der Waals surface area contributed by atoms with Gasteiger partial charge >= 0.3 is 0 Å². The van der Waals surface area contributed by atoms with Gasteiger partial charge in [0.25, 0.3) is 21.6 Å². The molecule has 0 saturated heterocycles. The molecule has 0 fully saturated rings. The zero-order valence-electron chi connectivity index (χ0n) is 16.7. The number of non-ortho nitro benzene ring substituents is 1. The van der Waals surface area contributed by atoms with E-state index in [1.807, 2.05) is 6.92 Å². The summed E-state index contributed by atoms with van der Waals surface area (Å²) in [6.45, 7) is 2.35. The summed E-state index contributed by atoms with van der Waals surface area (Å²) in [5.74, 6) is -0.0405. The van der Waals surface area contributed by atoms with Gasteiger partial charge in [-0.25, -0.2) is 8.42 Å². The van der Waals surface area contributed by atoms with Gasteiger partial charge in [0, 0.05) is 23.5 Å². The van der Waals surface area contributed by atoms with Crippen LogP contribution in [-0.2, 0) is 10.0 Å². The minimum Gasteiger partial charge on any atom is -0.494 e. The zero-order valence-corrected chi connectivity index (χ0v) is 18.3. The minimum atomic E-state index is -3.86. The van der Waals surface area contributed by atoms with E-state index in [2.05, 4.69) is 10.0 Å². The number of rotatable bonds is 8. The topological polar surface area (TPSA) is 128 Å². The molecule has 0 aliphatic rings. The first kappa shape index (κ1) is 23.0. The van der Waals surface area contributed by atoms with E-state index in [-0.39, 0.29) is 26.9 Å². The van der Waals surface area contributed by atoms with Crippen molar-refractivity contribution in [3.63, 3.8) is 0 Å². The number of ether oxygens (including phenoxy) is 1. The highest BCUT2D eigenvalue weighted by Gasteiger charge is 2.17. The van der Waals surface area contributed by atoms with E-state index in [1.54, 1.807) is 24.3 Å². The van der Waals surface area contributed by atoms with Crippen LogP contribution < -0.4 is 14.8 Å². The van der Waals surface area contributed by atoms with Crippen molar-refractivity contribution in [1.29, 1.82) is 0 Å². The third-order valence-corrected chi connectivity index (χ3v) is 5.97. The summed E-state index contributed by atoms with van der Waals surface area (Å²) < 4.78 is 33.0. The first-order valence-electron chi connectivity index (χ1n) is 9.30. The van der Waals surface area contributed by atoms with Crippen LogP contribution in [0.15, 0.2) is 71.6 Å². The molecule has 3 aromatic rings. The summed E-state index contributed by atoms with van der Waals surface area (Å²) in [6.07, 6.45) is 0. The highest BCUT2D eigenvalue weighted by Crippen LogP contribution is 2.24. The normalized spacial score (nSPS) is 10.9. The number of benzene rings is 3. The van der Waals surface area contributed by atoms with E-state index in [1.165, 1.54) is 36.4 Å². The van der Waals surface area contributed by atoms with Crippen LogP contribution in [0.1, 0.15) is 17.3 Å². The van der Waals surface area contributed by atoms with E-state index < -0.39 is 20.9 Å².